The van der Waals surface area contributed by atoms with E-state index >= 15 is 0 Å². The number of rotatable bonds is 3. The zero-order chi connectivity index (χ0) is 13.9. The van der Waals surface area contributed by atoms with Gasteiger partial charge in [-0.15, -0.1) is 10.2 Å². The fourth-order valence-corrected chi connectivity index (χ4v) is 4.09. The molecule has 0 amide bonds. The van der Waals surface area contributed by atoms with Gasteiger partial charge in [0.1, 0.15) is 5.01 Å². The van der Waals surface area contributed by atoms with Gasteiger partial charge in [-0.3, -0.25) is 4.90 Å². The molecule has 2 unspecified atom stereocenters. The van der Waals surface area contributed by atoms with Gasteiger partial charge in [0.2, 0.25) is 5.13 Å². The van der Waals surface area contributed by atoms with Crippen molar-refractivity contribution in [2.75, 3.05) is 18.4 Å². The molecule has 2 fully saturated rings. The summed E-state index contributed by atoms with van der Waals surface area (Å²) >= 11 is 1.62. The average Bonchev–Trinajstić information content (AvgIpc) is 2.86. The summed E-state index contributed by atoms with van der Waals surface area (Å²) < 4.78 is 0. The predicted octanol–water partition coefficient (Wildman–Crippen LogP) is 2.03. The number of hydrogen-bond acceptors (Lipinski definition) is 6. The van der Waals surface area contributed by atoms with Crippen molar-refractivity contribution in [1.29, 1.82) is 0 Å². The Kier molecular flexibility index (Phi) is 4.53. The van der Waals surface area contributed by atoms with Gasteiger partial charge in [0.05, 0.1) is 6.10 Å². The first-order valence-corrected chi connectivity index (χ1v) is 8.53. The summed E-state index contributed by atoms with van der Waals surface area (Å²) in [7, 11) is 0. The van der Waals surface area contributed by atoms with Gasteiger partial charge in [0, 0.05) is 25.2 Å². The zero-order valence-corrected chi connectivity index (χ0v) is 12.9. The van der Waals surface area contributed by atoms with Crippen LogP contribution in [0.4, 0.5) is 5.13 Å². The van der Waals surface area contributed by atoms with Gasteiger partial charge in [0.25, 0.3) is 0 Å². The number of nitrogens with zero attached hydrogens (tertiary/aromatic N) is 3. The molecule has 0 bridgehead atoms. The molecule has 6 heteroatoms. The van der Waals surface area contributed by atoms with Gasteiger partial charge < -0.3 is 10.4 Å². The molecule has 2 aliphatic rings. The summed E-state index contributed by atoms with van der Waals surface area (Å²) in [4.78, 5) is 2.49. The number of aliphatic hydroxyl groups is 1. The van der Waals surface area contributed by atoms with Crippen LogP contribution in [0.5, 0.6) is 0 Å². The fraction of sp³-hybridized carbons (Fsp3) is 0.857. The highest BCUT2D eigenvalue weighted by Crippen LogP contribution is 2.27. The van der Waals surface area contributed by atoms with Crippen LogP contribution >= 0.6 is 11.3 Å². The zero-order valence-electron chi connectivity index (χ0n) is 12.1. The number of hydrogen-bond donors (Lipinski definition) is 2. The Balaban J connectivity index is 1.49. The first kappa shape index (κ1) is 14.2. The van der Waals surface area contributed by atoms with Gasteiger partial charge in [-0.1, -0.05) is 24.2 Å². The normalized spacial score (nSPS) is 29.5. The van der Waals surface area contributed by atoms with Crippen molar-refractivity contribution in [3.05, 3.63) is 5.01 Å². The minimum atomic E-state index is -0.112. The number of aliphatic hydroxyl groups excluding tert-OH is 1. The molecule has 1 aromatic heterocycles. The van der Waals surface area contributed by atoms with E-state index in [0.717, 1.165) is 48.9 Å². The molecule has 0 aromatic carbocycles. The van der Waals surface area contributed by atoms with Crippen molar-refractivity contribution in [2.24, 2.45) is 0 Å². The Bertz CT molecular complexity index is 431. The molecule has 1 aliphatic heterocycles. The molecule has 1 aromatic rings. The maximum Gasteiger partial charge on any atom is 0.205 e. The van der Waals surface area contributed by atoms with Crippen molar-refractivity contribution in [3.8, 4) is 0 Å². The molecule has 0 spiro atoms. The molecule has 2 atom stereocenters. The van der Waals surface area contributed by atoms with Crippen LogP contribution in [0.3, 0.4) is 0 Å². The van der Waals surface area contributed by atoms with E-state index in [1.807, 2.05) is 6.92 Å². The van der Waals surface area contributed by atoms with Gasteiger partial charge in [0.15, 0.2) is 0 Å². The van der Waals surface area contributed by atoms with Crippen LogP contribution in [0.25, 0.3) is 0 Å². The third kappa shape index (κ3) is 3.30. The lowest BCUT2D eigenvalue weighted by atomic mass is 9.89. The van der Waals surface area contributed by atoms with E-state index in [0.29, 0.717) is 12.1 Å². The number of likely N-dealkylation sites (tertiary alicyclic amines) is 1. The standard InChI is InChI=1S/C14H24N4OS/c1-10-16-17-14(20-10)15-11-6-8-18(9-7-11)12-4-2-3-5-13(12)19/h11-13,19H,2-9H2,1H3,(H,15,17). The monoisotopic (exact) mass is 296 g/mol. The molecular formula is C14H24N4OS. The van der Waals surface area contributed by atoms with Crippen LogP contribution in [0.15, 0.2) is 0 Å². The van der Waals surface area contributed by atoms with E-state index in [1.165, 1.54) is 12.8 Å². The maximum absolute atomic E-state index is 10.2. The molecular weight excluding hydrogens is 272 g/mol. The topological polar surface area (TPSA) is 61.3 Å². The van der Waals surface area contributed by atoms with Crippen molar-refractivity contribution in [1.82, 2.24) is 15.1 Å². The Labute approximate surface area is 124 Å². The Morgan fingerprint density at radius 2 is 1.90 bits per heavy atom. The average molecular weight is 296 g/mol. The number of anilines is 1. The Morgan fingerprint density at radius 1 is 1.15 bits per heavy atom. The van der Waals surface area contributed by atoms with Crippen LogP contribution < -0.4 is 5.32 Å². The van der Waals surface area contributed by atoms with Crippen LogP contribution in [0, 0.1) is 6.92 Å². The van der Waals surface area contributed by atoms with E-state index in [9.17, 15) is 5.11 Å². The predicted molar refractivity (Wildman–Crippen MR) is 81.1 cm³/mol. The molecule has 1 saturated heterocycles. The summed E-state index contributed by atoms with van der Waals surface area (Å²) in [6, 6.07) is 0.896. The number of aryl methyl sites for hydroxylation is 1. The molecule has 0 radical (unpaired) electrons. The fourth-order valence-electron chi connectivity index (χ4n) is 3.42. The summed E-state index contributed by atoms with van der Waals surface area (Å²) in [5.74, 6) is 0. The van der Waals surface area contributed by atoms with Crippen LogP contribution in [-0.2, 0) is 0 Å². The van der Waals surface area contributed by atoms with E-state index in [2.05, 4.69) is 20.4 Å². The minimum Gasteiger partial charge on any atom is -0.391 e. The van der Waals surface area contributed by atoms with E-state index in [4.69, 9.17) is 0 Å². The molecule has 20 heavy (non-hydrogen) atoms. The highest BCUT2D eigenvalue weighted by molar-refractivity contribution is 7.15. The highest BCUT2D eigenvalue weighted by atomic mass is 32.1. The lowest BCUT2D eigenvalue weighted by molar-refractivity contribution is 0.00993. The van der Waals surface area contributed by atoms with Crippen molar-refractivity contribution in [2.45, 2.75) is 63.6 Å². The Hall–Kier alpha value is -0.720. The van der Waals surface area contributed by atoms with Crippen LogP contribution in [0.2, 0.25) is 0 Å². The Morgan fingerprint density at radius 3 is 2.55 bits per heavy atom. The number of nitrogens with one attached hydrogen (secondary N) is 1. The quantitative estimate of drug-likeness (QED) is 0.893. The van der Waals surface area contributed by atoms with Crippen molar-refractivity contribution >= 4 is 16.5 Å². The largest absolute Gasteiger partial charge is 0.391 e. The summed E-state index contributed by atoms with van der Waals surface area (Å²) in [5.41, 5.74) is 0. The minimum absolute atomic E-state index is 0.112. The molecule has 2 heterocycles. The molecule has 1 saturated carbocycles. The number of piperidine rings is 1. The smallest absolute Gasteiger partial charge is 0.205 e. The lowest BCUT2D eigenvalue weighted by Crippen LogP contribution is -2.50. The first-order chi connectivity index (χ1) is 9.72. The van der Waals surface area contributed by atoms with Crippen molar-refractivity contribution in [3.63, 3.8) is 0 Å². The van der Waals surface area contributed by atoms with E-state index in [1.54, 1.807) is 11.3 Å². The maximum atomic E-state index is 10.2. The second-order valence-corrected chi connectivity index (χ2v) is 7.18. The molecule has 5 nitrogen and oxygen atoms in total. The van der Waals surface area contributed by atoms with Crippen molar-refractivity contribution < 1.29 is 5.11 Å². The summed E-state index contributed by atoms with van der Waals surface area (Å²) in [5, 5.41) is 23.8. The third-order valence-corrected chi connectivity index (χ3v) is 5.32. The van der Waals surface area contributed by atoms with Gasteiger partial charge in [-0.2, -0.15) is 0 Å². The van der Waals surface area contributed by atoms with Crippen LogP contribution in [0.1, 0.15) is 43.5 Å². The highest BCUT2D eigenvalue weighted by Gasteiger charge is 2.31. The third-order valence-electron chi connectivity index (χ3n) is 4.55. The molecule has 112 valence electrons. The molecule has 3 rings (SSSR count). The first-order valence-electron chi connectivity index (χ1n) is 7.71. The second kappa shape index (κ2) is 6.37. The number of aromatic nitrogens is 2. The van der Waals surface area contributed by atoms with Crippen LogP contribution in [-0.4, -0.2) is 51.5 Å². The second-order valence-electron chi connectivity index (χ2n) is 6.00. The van der Waals surface area contributed by atoms with Gasteiger partial charge in [-0.05, 0) is 32.6 Å². The van der Waals surface area contributed by atoms with Gasteiger partial charge in [-0.25, -0.2) is 0 Å². The SMILES string of the molecule is Cc1nnc(NC2CCN(C3CCCCC3O)CC2)s1. The van der Waals surface area contributed by atoms with E-state index in [-0.39, 0.29) is 6.10 Å². The lowest BCUT2D eigenvalue weighted by Gasteiger charge is -2.41. The summed E-state index contributed by atoms with van der Waals surface area (Å²) in [6.45, 7) is 4.14. The summed E-state index contributed by atoms with van der Waals surface area (Å²) in [6.07, 6.45) is 6.74. The molecule has 2 N–H and O–H groups in total. The van der Waals surface area contributed by atoms with Gasteiger partial charge >= 0.3 is 0 Å². The van der Waals surface area contributed by atoms with E-state index < -0.39 is 0 Å². The molecule has 1 aliphatic carbocycles.